The second-order valence-electron chi connectivity index (χ2n) is 1.74. The summed E-state index contributed by atoms with van der Waals surface area (Å²) in [5, 5.41) is 2.31. The molecule has 0 radical (unpaired) electrons. The second-order valence-corrected chi connectivity index (χ2v) is 2.69. The maximum Gasteiger partial charge on any atom is 1.00 e. The Labute approximate surface area is 92.3 Å². The Hall–Kier alpha value is -0.0300. The van der Waals surface area contributed by atoms with Gasteiger partial charge in [0.05, 0.1) is 0 Å². The summed E-state index contributed by atoms with van der Waals surface area (Å²) in [7, 11) is 0. The van der Waals surface area contributed by atoms with Crippen molar-refractivity contribution < 1.29 is 40.5 Å². The molecular weight excluding hydrogens is 173 g/mol. The number of carbonyl (C=O) groups is 1. The predicted molar refractivity (Wildman–Crippen MR) is 41.2 cm³/mol. The molecule has 1 aromatic heterocycles. The zero-order chi connectivity index (χ0) is 7.56. The normalized spacial score (nSPS) is 8.45. The molecule has 0 aliphatic rings. The third-order valence-corrected chi connectivity index (χ3v) is 1.64. The topological polar surface area (TPSA) is 52.3 Å². The first-order valence-electron chi connectivity index (χ1n) is 2.71. The van der Waals surface area contributed by atoms with Crippen LogP contribution in [0.3, 0.4) is 0 Å². The minimum Gasteiger partial charge on any atom is -1.00 e. The van der Waals surface area contributed by atoms with E-state index < -0.39 is 0 Å². The molecule has 0 fully saturated rings. The van der Waals surface area contributed by atoms with Gasteiger partial charge in [-0.3, -0.25) is 4.79 Å². The van der Waals surface area contributed by atoms with Crippen LogP contribution in [0.25, 0.3) is 0 Å². The molecule has 3 nitrogen and oxygen atoms in total. The van der Waals surface area contributed by atoms with E-state index in [4.69, 9.17) is 10.5 Å². The molecule has 0 amide bonds. The van der Waals surface area contributed by atoms with Crippen LogP contribution in [0.2, 0.25) is 0 Å². The molecule has 0 bridgehead atoms. The molecule has 0 saturated carbocycles. The smallest absolute Gasteiger partial charge is 1.00 e. The number of ether oxygens (including phenoxy) is 1. The number of esters is 1. The van der Waals surface area contributed by atoms with Gasteiger partial charge in [-0.1, -0.05) is 0 Å². The maximum atomic E-state index is 10.4. The SMILES string of the molecule is CC(=O)Oc1ccsc1N.[H-].[Na+]. The zero-order valence-corrected chi connectivity index (χ0v) is 9.27. The number of nitrogens with two attached hydrogens (primary N) is 1. The van der Waals surface area contributed by atoms with Crippen LogP contribution in [-0.2, 0) is 4.79 Å². The molecular formula is C6H8NNaO2S. The zero-order valence-electron chi connectivity index (χ0n) is 7.46. The molecule has 0 spiro atoms. The Morgan fingerprint density at radius 1 is 1.82 bits per heavy atom. The van der Waals surface area contributed by atoms with Crippen LogP contribution in [0.4, 0.5) is 5.00 Å². The summed E-state index contributed by atoms with van der Waals surface area (Å²) in [6, 6.07) is 1.67. The molecule has 11 heavy (non-hydrogen) atoms. The van der Waals surface area contributed by atoms with Gasteiger partial charge in [0, 0.05) is 6.92 Å². The molecule has 1 rings (SSSR count). The number of thiophene rings is 1. The van der Waals surface area contributed by atoms with Crippen molar-refractivity contribution in [2.45, 2.75) is 6.92 Å². The van der Waals surface area contributed by atoms with Crippen LogP contribution >= 0.6 is 11.3 Å². The van der Waals surface area contributed by atoms with Gasteiger partial charge in [-0.25, -0.2) is 0 Å². The van der Waals surface area contributed by atoms with E-state index in [9.17, 15) is 4.79 Å². The van der Waals surface area contributed by atoms with Gasteiger partial charge in [0.2, 0.25) is 0 Å². The van der Waals surface area contributed by atoms with Crippen LogP contribution in [0.1, 0.15) is 8.35 Å². The van der Waals surface area contributed by atoms with Crippen molar-refractivity contribution in [3.63, 3.8) is 0 Å². The van der Waals surface area contributed by atoms with E-state index in [0.29, 0.717) is 10.8 Å². The third kappa shape index (κ3) is 3.25. The fourth-order valence-electron chi connectivity index (χ4n) is 0.548. The fraction of sp³-hybridized carbons (Fsp3) is 0.167. The Morgan fingerprint density at radius 3 is 2.82 bits per heavy atom. The molecule has 5 heteroatoms. The van der Waals surface area contributed by atoms with Gasteiger partial charge in [0.25, 0.3) is 0 Å². The standard InChI is InChI=1S/C6H7NO2S.Na.H/c1-4(8)9-5-2-3-10-6(5)7;;/h2-3H,7H2,1H3;;/q;+1;-1. The maximum absolute atomic E-state index is 10.4. The Bertz CT molecular complexity index is 253. The van der Waals surface area contributed by atoms with Crippen molar-refractivity contribution >= 4 is 22.3 Å². The predicted octanol–water partition coefficient (Wildman–Crippen LogP) is -1.63. The van der Waals surface area contributed by atoms with Crippen LogP contribution in [-0.4, -0.2) is 5.97 Å². The summed E-state index contributed by atoms with van der Waals surface area (Å²) in [6.45, 7) is 1.34. The largest absolute Gasteiger partial charge is 1.00 e. The number of hydrogen-bond donors (Lipinski definition) is 1. The number of carbonyl (C=O) groups excluding carboxylic acids is 1. The first-order valence-corrected chi connectivity index (χ1v) is 3.59. The summed E-state index contributed by atoms with van der Waals surface area (Å²) in [4.78, 5) is 10.4. The Balaban J connectivity index is 0. The number of anilines is 1. The Kier molecular flexibility index (Phi) is 4.76. The van der Waals surface area contributed by atoms with Gasteiger partial charge < -0.3 is 11.9 Å². The van der Waals surface area contributed by atoms with Crippen molar-refractivity contribution in [1.82, 2.24) is 0 Å². The fourth-order valence-corrected chi connectivity index (χ4v) is 1.11. The summed E-state index contributed by atoms with van der Waals surface area (Å²) < 4.78 is 4.73. The van der Waals surface area contributed by atoms with E-state index in [1.54, 1.807) is 11.4 Å². The van der Waals surface area contributed by atoms with E-state index >= 15 is 0 Å². The van der Waals surface area contributed by atoms with Crippen molar-refractivity contribution in [2.24, 2.45) is 0 Å². The number of rotatable bonds is 1. The van der Waals surface area contributed by atoms with Gasteiger partial charge in [-0.2, -0.15) is 0 Å². The van der Waals surface area contributed by atoms with Crippen LogP contribution < -0.4 is 40.0 Å². The van der Waals surface area contributed by atoms with Crippen molar-refractivity contribution in [2.75, 3.05) is 5.73 Å². The molecule has 2 N–H and O–H groups in total. The molecule has 0 saturated heterocycles. The van der Waals surface area contributed by atoms with E-state index in [1.807, 2.05) is 0 Å². The quantitative estimate of drug-likeness (QED) is 0.418. The van der Waals surface area contributed by atoms with Crippen LogP contribution in [0.15, 0.2) is 11.4 Å². The number of nitrogen functional groups attached to an aromatic ring is 1. The number of hydrogen-bond acceptors (Lipinski definition) is 4. The molecule has 1 aromatic rings. The van der Waals surface area contributed by atoms with Gasteiger partial charge in [-0.15, -0.1) is 11.3 Å². The van der Waals surface area contributed by atoms with Gasteiger partial charge >= 0.3 is 35.5 Å². The molecule has 0 aliphatic heterocycles. The summed E-state index contributed by atoms with van der Waals surface area (Å²) in [6.07, 6.45) is 0. The molecule has 1 heterocycles. The molecule has 0 aliphatic carbocycles. The molecule has 0 aromatic carbocycles. The minimum absolute atomic E-state index is 0. The summed E-state index contributed by atoms with van der Waals surface area (Å²) in [5.41, 5.74) is 5.43. The van der Waals surface area contributed by atoms with Crippen LogP contribution in [0.5, 0.6) is 5.75 Å². The first-order chi connectivity index (χ1) is 4.70. The summed E-state index contributed by atoms with van der Waals surface area (Å²) >= 11 is 1.35. The van der Waals surface area contributed by atoms with E-state index in [2.05, 4.69) is 0 Å². The monoisotopic (exact) mass is 181 g/mol. The first kappa shape index (κ1) is 11.0. The summed E-state index contributed by atoms with van der Waals surface area (Å²) in [5.74, 6) is 0.114. The van der Waals surface area contributed by atoms with Gasteiger partial charge in [-0.05, 0) is 11.4 Å². The van der Waals surface area contributed by atoms with Crippen molar-refractivity contribution in [1.29, 1.82) is 0 Å². The Morgan fingerprint density at radius 2 is 2.45 bits per heavy atom. The molecule has 56 valence electrons. The van der Waals surface area contributed by atoms with Crippen LogP contribution in [0, 0.1) is 0 Å². The average Bonchev–Trinajstić information content (AvgIpc) is 2.15. The van der Waals surface area contributed by atoms with E-state index in [0.717, 1.165) is 0 Å². The van der Waals surface area contributed by atoms with Crippen molar-refractivity contribution in [3.05, 3.63) is 11.4 Å². The van der Waals surface area contributed by atoms with Crippen molar-refractivity contribution in [3.8, 4) is 5.75 Å². The second kappa shape index (κ2) is 4.77. The van der Waals surface area contributed by atoms with Gasteiger partial charge in [0.1, 0.15) is 5.00 Å². The minimum atomic E-state index is -0.342. The van der Waals surface area contributed by atoms with E-state index in [-0.39, 0.29) is 37.0 Å². The van der Waals surface area contributed by atoms with E-state index in [1.165, 1.54) is 18.3 Å². The molecule has 0 unspecified atom stereocenters. The van der Waals surface area contributed by atoms with Gasteiger partial charge in [0.15, 0.2) is 5.75 Å². The average molecular weight is 181 g/mol. The molecule has 0 atom stereocenters. The third-order valence-electron chi connectivity index (χ3n) is 0.911.